The number of nitrogens with zero attached hydrogens (tertiary/aromatic N) is 4. The Kier molecular flexibility index (Phi) is 5.21. The fourth-order valence-corrected chi connectivity index (χ4v) is 2.34. The van der Waals surface area contributed by atoms with Crippen LogP contribution in [0.3, 0.4) is 0 Å². The highest BCUT2D eigenvalue weighted by atomic mass is 16.6. The SMILES string of the molecule is Cc1cc(N(C)C)nc(Nc2ccc(NC(=O)c3ccc([N+](=O)[O-])o3)cc2)n1. The lowest BCUT2D eigenvalue weighted by Crippen LogP contribution is -2.12. The summed E-state index contributed by atoms with van der Waals surface area (Å²) in [4.78, 5) is 32.7. The molecule has 144 valence electrons. The summed E-state index contributed by atoms with van der Waals surface area (Å²) in [5.74, 6) is 0.0412. The molecule has 0 saturated heterocycles. The molecule has 0 radical (unpaired) electrons. The van der Waals surface area contributed by atoms with Crippen molar-refractivity contribution >= 4 is 34.9 Å². The van der Waals surface area contributed by atoms with Crippen LogP contribution >= 0.6 is 0 Å². The van der Waals surface area contributed by atoms with Crippen molar-refractivity contribution in [2.75, 3.05) is 29.6 Å². The van der Waals surface area contributed by atoms with E-state index in [1.807, 2.05) is 32.0 Å². The minimum absolute atomic E-state index is 0.140. The lowest BCUT2D eigenvalue weighted by atomic mass is 10.2. The Morgan fingerprint density at radius 3 is 2.39 bits per heavy atom. The van der Waals surface area contributed by atoms with E-state index in [9.17, 15) is 14.9 Å². The molecule has 3 rings (SSSR count). The van der Waals surface area contributed by atoms with Crippen molar-refractivity contribution in [3.63, 3.8) is 0 Å². The average molecular weight is 382 g/mol. The fraction of sp³-hybridized carbons (Fsp3) is 0.167. The number of furan rings is 1. The third-order valence-corrected chi connectivity index (χ3v) is 3.69. The van der Waals surface area contributed by atoms with Gasteiger partial charge in [0, 0.05) is 37.2 Å². The van der Waals surface area contributed by atoms with Crippen molar-refractivity contribution in [3.8, 4) is 0 Å². The van der Waals surface area contributed by atoms with Crippen LogP contribution < -0.4 is 15.5 Å². The number of anilines is 4. The minimum atomic E-state index is -0.702. The number of aryl methyl sites for hydroxylation is 1. The topological polar surface area (TPSA) is 126 Å². The highest BCUT2D eigenvalue weighted by Crippen LogP contribution is 2.21. The summed E-state index contributed by atoms with van der Waals surface area (Å²) >= 11 is 0. The molecule has 0 fully saturated rings. The second-order valence-corrected chi connectivity index (χ2v) is 6.14. The molecule has 3 aromatic rings. The van der Waals surface area contributed by atoms with E-state index in [4.69, 9.17) is 4.42 Å². The number of carbonyl (C=O) groups excluding carboxylic acids is 1. The van der Waals surface area contributed by atoms with Gasteiger partial charge in [-0.1, -0.05) is 0 Å². The van der Waals surface area contributed by atoms with E-state index in [0.717, 1.165) is 23.3 Å². The maximum atomic E-state index is 12.1. The summed E-state index contributed by atoms with van der Waals surface area (Å²) in [6, 6.07) is 11.1. The summed E-state index contributed by atoms with van der Waals surface area (Å²) < 4.78 is 4.88. The van der Waals surface area contributed by atoms with Crippen LogP contribution in [0.4, 0.5) is 29.0 Å². The smallest absolute Gasteiger partial charge is 0.395 e. The molecule has 0 bridgehead atoms. The van der Waals surface area contributed by atoms with Gasteiger partial charge in [0.25, 0.3) is 5.91 Å². The number of aromatic nitrogens is 2. The van der Waals surface area contributed by atoms with Gasteiger partial charge in [0.15, 0.2) is 5.76 Å². The first-order valence-electron chi connectivity index (χ1n) is 8.27. The molecule has 10 nitrogen and oxygen atoms in total. The van der Waals surface area contributed by atoms with E-state index in [1.165, 1.54) is 6.07 Å². The van der Waals surface area contributed by atoms with Crippen molar-refractivity contribution in [1.29, 1.82) is 0 Å². The summed E-state index contributed by atoms with van der Waals surface area (Å²) in [5, 5.41) is 16.3. The van der Waals surface area contributed by atoms with Crippen molar-refractivity contribution in [2.24, 2.45) is 0 Å². The van der Waals surface area contributed by atoms with Crippen molar-refractivity contribution in [1.82, 2.24) is 9.97 Å². The lowest BCUT2D eigenvalue weighted by molar-refractivity contribution is -0.402. The van der Waals surface area contributed by atoms with Crippen LogP contribution in [0.1, 0.15) is 16.2 Å². The van der Waals surface area contributed by atoms with Crippen LogP contribution in [-0.2, 0) is 0 Å². The third-order valence-electron chi connectivity index (χ3n) is 3.69. The summed E-state index contributed by atoms with van der Waals surface area (Å²) in [7, 11) is 3.80. The molecule has 0 unspecified atom stereocenters. The Morgan fingerprint density at radius 1 is 1.11 bits per heavy atom. The number of nitro groups is 1. The third kappa shape index (κ3) is 4.41. The Labute approximate surface area is 160 Å². The molecule has 0 aliphatic heterocycles. The van der Waals surface area contributed by atoms with Gasteiger partial charge in [0.05, 0.1) is 6.07 Å². The average Bonchev–Trinajstić information content (AvgIpc) is 3.13. The lowest BCUT2D eigenvalue weighted by Gasteiger charge is -2.14. The maximum absolute atomic E-state index is 12.1. The highest BCUT2D eigenvalue weighted by Gasteiger charge is 2.17. The molecule has 0 spiro atoms. The van der Waals surface area contributed by atoms with Gasteiger partial charge in [-0.15, -0.1) is 0 Å². The molecule has 10 heteroatoms. The van der Waals surface area contributed by atoms with Crippen LogP contribution in [-0.4, -0.2) is 34.9 Å². The van der Waals surface area contributed by atoms with Crippen molar-refractivity contribution in [3.05, 3.63) is 64.0 Å². The minimum Gasteiger partial charge on any atom is -0.395 e. The molecule has 1 aromatic carbocycles. The summed E-state index contributed by atoms with van der Waals surface area (Å²) in [6.07, 6.45) is 0. The maximum Gasteiger partial charge on any atom is 0.433 e. The normalized spacial score (nSPS) is 10.4. The quantitative estimate of drug-likeness (QED) is 0.491. The van der Waals surface area contributed by atoms with Crippen molar-refractivity contribution in [2.45, 2.75) is 6.92 Å². The van der Waals surface area contributed by atoms with E-state index in [2.05, 4.69) is 20.6 Å². The van der Waals surface area contributed by atoms with Crippen LogP contribution in [0.15, 0.2) is 46.9 Å². The fourth-order valence-electron chi connectivity index (χ4n) is 2.34. The predicted octanol–water partition coefficient (Wildman–Crippen LogP) is 3.35. The molecule has 0 saturated carbocycles. The van der Waals surface area contributed by atoms with E-state index in [-0.39, 0.29) is 5.76 Å². The first kappa shape index (κ1) is 18.8. The first-order valence-corrected chi connectivity index (χ1v) is 8.27. The van der Waals surface area contributed by atoms with E-state index < -0.39 is 16.7 Å². The molecule has 0 aliphatic rings. The zero-order valence-electron chi connectivity index (χ0n) is 15.5. The molecular weight excluding hydrogens is 364 g/mol. The summed E-state index contributed by atoms with van der Waals surface area (Å²) in [5.41, 5.74) is 2.08. The monoisotopic (exact) mass is 382 g/mol. The largest absolute Gasteiger partial charge is 0.433 e. The number of nitrogens with one attached hydrogen (secondary N) is 2. The van der Waals surface area contributed by atoms with E-state index >= 15 is 0 Å². The summed E-state index contributed by atoms with van der Waals surface area (Å²) in [6.45, 7) is 1.89. The van der Waals surface area contributed by atoms with Crippen molar-refractivity contribution < 1.29 is 14.1 Å². The molecular formula is C18H18N6O4. The molecule has 28 heavy (non-hydrogen) atoms. The molecule has 2 heterocycles. The van der Waals surface area contributed by atoms with Gasteiger partial charge in [-0.2, -0.15) is 4.98 Å². The van der Waals surface area contributed by atoms with Gasteiger partial charge in [-0.3, -0.25) is 14.9 Å². The molecule has 2 aromatic heterocycles. The van der Waals surface area contributed by atoms with Gasteiger partial charge in [-0.05, 0) is 37.3 Å². The van der Waals surface area contributed by atoms with Gasteiger partial charge < -0.3 is 20.0 Å². The Hall–Kier alpha value is -3.95. The number of amides is 1. The number of hydrogen-bond donors (Lipinski definition) is 2. The molecule has 0 aliphatic carbocycles. The zero-order chi connectivity index (χ0) is 20.3. The highest BCUT2D eigenvalue weighted by molar-refractivity contribution is 6.02. The second kappa shape index (κ2) is 7.74. The molecule has 0 atom stereocenters. The van der Waals surface area contributed by atoms with Gasteiger partial charge >= 0.3 is 5.88 Å². The van der Waals surface area contributed by atoms with E-state index in [0.29, 0.717) is 11.6 Å². The van der Waals surface area contributed by atoms with Crippen LogP contribution in [0.25, 0.3) is 0 Å². The Balaban J connectivity index is 1.68. The molecule has 1 amide bonds. The standard InChI is InChI=1S/C18H18N6O4/c1-11-10-15(23(2)3)22-18(19-11)21-13-6-4-12(5-7-13)20-17(25)14-8-9-16(28-14)24(26)27/h4-10H,1-3H3,(H,20,25)(H,19,21,22). The zero-order valence-corrected chi connectivity index (χ0v) is 15.5. The van der Waals surface area contributed by atoms with Crippen LogP contribution in [0.2, 0.25) is 0 Å². The van der Waals surface area contributed by atoms with Crippen LogP contribution in [0.5, 0.6) is 0 Å². The van der Waals surface area contributed by atoms with E-state index in [1.54, 1.807) is 24.3 Å². The van der Waals surface area contributed by atoms with Gasteiger partial charge in [0.1, 0.15) is 10.7 Å². The first-order chi connectivity index (χ1) is 13.3. The van der Waals surface area contributed by atoms with Gasteiger partial charge in [0.2, 0.25) is 5.95 Å². The number of benzene rings is 1. The van der Waals surface area contributed by atoms with Crippen LogP contribution in [0, 0.1) is 17.0 Å². The predicted molar refractivity (Wildman–Crippen MR) is 104 cm³/mol. The number of hydrogen-bond acceptors (Lipinski definition) is 8. The Bertz CT molecular complexity index is 1010. The second-order valence-electron chi connectivity index (χ2n) is 6.14. The van der Waals surface area contributed by atoms with Gasteiger partial charge in [-0.25, -0.2) is 4.98 Å². The Morgan fingerprint density at radius 2 is 1.79 bits per heavy atom. The molecule has 2 N–H and O–H groups in total. The number of carbonyl (C=O) groups is 1. The number of rotatable bonds is 6.